The fourth-order valence-electron chi connectivity index (χ4n) is 2.73. The molecule has 0 amide bonds. The Kier molecular flexibility index (Phi) is 18.0. The second-order valence-electron chi connectivity index (χ2n) is 6.40. The Morgan fingerprint density at radius 2 is 1.05 bits per heavy atom. The molecular formula is C19H38O3. The summed E-state index contributed by atoms with van der Waals surface area (Å²) < 4.78 is 5.01. The molecule has 3 nitrogen and oxygen atoms in total. The third-order valence-electron chi connectivity index (χ3n) is 4.12. The van der Waals surface area contributed by atoms with Crippen LogP contribution in [0.1, 0.15) is 103 Å². The number of hydrogen-bond acceptors (Lipinski definition) is 2. The molecule has 3 heteroatoms. The molecule has 0 aromatic heterocycles. The van der Waals surface area contributed by atoms with E-state index in [0.29, 0.717) is 6.61 Å². The van der Waals surface area contributed by atoms with Crippen LogP contribution in [-0.4, -0.2) is 24.3 Å². The summed E-state index contributed by atoms with van der Waals surface area (Å²) in [7, 11) is 0. The summed E-state index contributed by atoms with van der Waals surface area (Å²) >= 11 is 0. The van der Waals surface area contributed by atoms with E-state index in [1.54, 1.807) is 0 Å². The zero-order valence-corrected chi connectivity index (χ0v) is 14.8. The lowest BCUT2D eigenvalue weighted by atomic mass is 10.0. The fourth-order valence-corrected chi connectivity index (χ4v) is 2.73. The molecule has 132 valence electrons. The molecule has 0 aliphatic heterocycles. The highest BCUT2D eigenvalue weighted by Crippen LogP contribution is 2.13. The van der Waals surface area contributed by atoms with Gasteiger partial charge in [0, 0.05) is 6.61 Å². The molecule has 0 aliphatic carbocycles. The number of carboxylic acids is 1. The average molecular weight is 315 g/mol. The molecule has 0 saturated carbocycles. The van der Waals surface area contributed by atoms with Crippen LogP contribution >= 0.6 is 0 Å². The zero-order valence-electron chi connectivity index (χ0n) is 14.8. The number of rotatable bonds is 18. The quantitative estimate of drug-likeness (QED) is 0.317. The summed E-state index contributed by atoms with van der Waals surface area (Å²) in [6.45, 7) is 2.70. The van der Waals surface area contributed by atoms with Crippen molar-refractivity contribution in [2.75, 3.05) is 13.2 Å². The Morgan fingerprint density at radius 1 is 0.682 bits per heavy atom. The first kappa shape index (κ1) is 21.4. The summed E-state index contributed by atoms with van der Waals surface area (Å²) in [6.07, 6.45) is 20.2. The molecule has 0 unspecified atom stereocenters. The van der Waals surface area contributed by atoms with E-state index in [2.05, 4.69) is 6.92 Å². The van der Waals surface area contributed by atoms with Crippen molar-refractivity contribution in [3.8, 4) is 0 Å². The standard InChI is InChI=1S/C19H38O3/c1-2-3-4-5-6-7-8-9-10-11-12-13-14-15-16-17-22-18-19(20)21/h2-18H2,1H3,(H,20,21). The van der Waals surface area contributed by atoms with Gasteiger partial charge in [0.1, 0.15) is 6.61 Å². The first-order valence-electron chi connectivity index (χ1n) is 9.57. The minimum absolute atomic E-state index is 0.154. The van der Waals surface area contributed by atoms with Crippen LogP contribution < -0.4 is 0 Å². The predicted octanol–water partition coefficient (Wildman–Crippen LogP) is 5.96. The van der Waals surface area contributed by atoms with E-state index in [-0.39, 0.29) is 6.61 Å². The lowest BCUT2D eigenvalue weighted by Crippen LogP contribution is -2.07. The third kappa shape index (κ3) is 19.4. The van der Waals surface area contributed by atoms with Crippen LogP contribution in [0.3, 0.4) is 0 Å². The summed E-state index contributed by atoms with van der Waals surface area (Å²) in [5, 5.41) is 8.41. The summed E-state index contributed by atoms with van der Waals surface area (Å²) in [6, 6.07) is 0. The molecule has 1 N–H and O–H groups in total. The smallest absolute Gasteiger partial charge is 0.329 e. The number of unbranched alkanes of at least 4 members (excludes halogenated alkanes) is 14. The summed E-state index contributed by atoms with van der Waals surface area (Å²) in [5.41, 5.74) is 0. The van der Waals surface area contributed by atoms with Crippen molar-refractivity contribution >= 4 is 5.97 Å². The topological polar surface area (TPSA) is 46.5 Å². The van der Waals surface area contributed by atoms with Gasteiger partial charge in [0.15, 0.2) is 0 Å². The molecular weight excluding hydrogens is 276 g/mol. The number of hydrogen-bond donors (Lipinski definition) is 1. The van der Waals surface area contributed by atoms with Gasteiger partial charge >= 0.3 is 5.97 Å². The van der Waals surface area contributed by atoms with Crippen molar-refractivity contribution in [1.82, 2.24) is 0 Å². The van der Waals surface area contributed by atoms with Gasteiger partial charge in [-0.05, 0) is 6.42 Å². The Hall–Kier alpha value is -0.570. The maximum atomic E-state index is 10.2. The van der Waals surface area contributed by atoms with E-state index in [0.717, 1.165) is 12.8 Å². The highest BCUT2D eigenvalue weighted by Gasteiger charge is 1.96. The van der Waals surface area contributed by atoms with E-state index in [4.69, 9.17) is 9.84 Å². The van der Waals surface area contributed by atoms with Crippen LogP contribution in [0.5, 0.6) is 0 Å². The van der Waals surface area contributed by atoms with Crippen LogP contribution in [0, 0.1) is 0 Å². The molecule has 0 spiro atoms. The van der Waals surface area contributed by atoms with Gasteiger partial charge in [-0.1, -0.05) is 96.8 Å². The van der Waals surface area contributed by atoms with Crippen molar-refractivity contribution in [2.45, 2.75) is 103 Å². The first-order valence-corrected chi connectivity index (χ1v) is 9.57. The minimum Gasteiger partial charge on any atom is -0.480 e. The minimum atomic E-state index is -0.874. The highest BCUT2D eigenvalue weighted by atomic mass is 16.5. The zero-order chi connectivity index (χ0) is 16.3. The molecule has 0 fully saturated rings. The van der Waals surface area contributed by atoms with Crippen molar-refractivity contribution in [3.05, 3.63) is 0 Å². The van der Waals surface area contributed by atoms with Crippen LogP contribution in [0.2, 0.25) is 0 Å². The second kappa shape index (κ2) is 18.5. The highest BCUT2D eigenvalue weighted by molar-refractivity contribution is 5.67. The van der Waals surface area contributed by atoms with E-state index in [1.165, 1.54) is 83.5 Å². The molecule has 0 radical (unpaired) electrons. The molecule has 0 aliphatic rings. The van der Waals surface area contributed by atoms with E-state index in [9.17, 15) is 4.79 Å². The third-order valence-corrected chi connectivity index (χ3v) is 4.12. The SMILES string of the molecule is CCCCCCCCCCCCCCCCCOCC(=O)O. The normalized spacial score (nSPS) is 11.0. The Morgan fingerprint density at radius 3 is 1.41 bits per heavy atom. The lowest BCUT2D eigenvalue weighted by molar-refractivity contribution is -0.142. The number of ether oxygens (including phenoxy) is 1. The maximum absolute atomic E-state index is 10.2. The van der Waals surface area contributed by atoms with Gasteiger partial charge in [-0.3, -0.25) is 0 Å². The largest absolute Gasteiger partial charge is 0.480 e. The molecule has 0 aromatic carbocycles. The average Bonchev–Trinajstić information content (AvgIpc) is 2.50. The molecule has 0 aromatic rings. The monoisotopic (exact) mass is 314 g/mol. The van der Waals surface area contributed by atoms with Crippen LogP contribution in [-0.2, 0) is 9.53 Å². The van der Waals surface area contributed by atoms with Gasteiger partial charge in [0.2, 0.25) is 0 Å². The van der Waals surface area contributed by atoms with Crippen LogP contribution in [0.4, 0.5) is 0 Å². The summed E-state index contributed by atoms with van der Waals surface area (Å²) in [5.74, 6) is -0.874. The van der Waals surface area contributed by atoms with Gasteiger partial charge in [-0.25, -0.2) is 4.79 Å². The molecule has 0 atom stereocenters. The van der Waals surface area contributed by atoms with Crippen molar-refractivity contribution in [2.24, 2.45) is 0 Å². The van der Waals surface area contributed by atoms with Crippen molar-refractivity contribution in [3.63, 3.8) is 0 Å². The number of aliphatic carboxylic acids is 1. The van der Waals surface area contributed by atoms with Gasteiger partial charge in [0.05, 0.1) is 0 Å². The predicted molar refractivity (Wildman–Crippen MR) is 93.4 cm³/mol. The Labute approximate surface area is 137 Å². The molecule has 0 saturated heterocycles. The van der Waals surface area contributed by atoms with Crippen molar-refractivity contribution in [1.29, 1.82) is 0 Å². The maximum Gasteiger partial charge on any atom is 0.329 e. The number of carbonyl (C=O) groups is 1. The van der Waals surface area contributed by atoms with Crippen LogP contribution in [0.25, 0.3) is 0 Å². The van der Waals surface area contributed by atoms with Crippen molar-refractivity contribution < 1.29 is 14.6 Å². The Bertz CT molecular complexity index is 229. The van der Waals surface area contributed by atoms with Crippen LogP contribution in [0.15, 0.2) is 0 Å². The molecule has 22 heavy (non-hydrogen) atoms. The van der Waals surface area contributed by atoms with Gasteiger partial charge in [-0.2, -0.15) is 0 Å². The molecule has 0 bridgehead atoms. The summed E-state index contributed by atoms with van der Waals surface area (Å²) in [4.78, 5) is 10.2. The molecule has 0 heterocycles. The number of carboxylic acid groups (broad SMARTS) is 1. The van der Waals surface area contributed by atoms with E-state index >= 15 is 0 Å². The first-order chi connectivity index (χ1) is 10.8. The van der Waals surface area contributed by atoms with Gasteiger partial charge < -0.3 is 9.84 Å². The van der Waals surface area contributed by atoms with Gasteiger partial charge in [0.25, 0.3) is 0 Å². The fraction of sp³-hybridized carbons (Fsp3) is 0.947. The van der Waals surface area contributed by atoms with E-state index in [1.807, 2.05) is 0 Å². The van der Waals surface area contributed by atoms with E-state index < -0.39 is 5.97 Å². The second-order valence-corrected chi connectivity index (χ2v) is 6.40. The lowest BCUT2D eigenvalue weighted by Gasteiger charge is -2.03. The molecule has 0 rings (SSSR count). The van der Waals surface area contributed by atoms with Gasteiger partial charge in [-0.15, -0.1) is 0 Å². The Balaban J connectivity index is 2.95.